The third-order valence-electron chi connectivity index (χ3n) is 4.84. The first-order valence-corrected chi connectivity index (χ1v) is 9.15. The van der Waals surface area contributed by atoms with Gasteiger partial charge in [0, 0.05) is 48.7 Å². The molecular weight excluding hydrogens is 330 g/mol. The summed E-state index contributed by atoms with van der Waals surface area (Å²) in [5.74, 6) is 1.54. The van der Waals surface area contributed by atoms with E-state index >= 15 is 0 Å². The molecule has 3 heterocycles. The Labute approximate surface area is 152 Å². The van der Waals surface area contributed by atoms with Crippen LogP contribution in [-0.2, 0) is 11.2 Å². The summed E-state index contributed by atoms with van der Waals surface area (Å²) in [7, 11) is 0. The summed E-state index contributed by atoms with van der Waals surface area (Å²) in [5.41, 5.74) is 2.48. The van der Waals surface area contributed by atoms with Crippen LogP contribution < -0.4 is 0 Å². The van der Waals surface area contributed by atoms with Crippen LogP contribution in [0.25, 0.3) is 0 Å². The number of aromatic nitrogens is 4. The zero-order valence-corrected chi connectivity index (χ0v) is 15.0. The number of rotatable bonds is 4. The SMILES string of the molecule is Cc1cc(C[C@H]2COCCN(C(=O)c3cnc(C4CC4)nc3)C2)ncn1. The van der Waals surface area contributed by atoms with Gasteiger partial charge in [-0.3, -0.25) is 4.79 Å². The highest BCUT2D eigenvalue weighted by Crippen LogP contribution is 2.37. The molecule has 2 aliphatic rings. The highest BCUT2D eigenvalue weighted by atomic mass is 16.5. The van der Waals surface area contributed by atoms with Crippen molar-refractivity contribution >= 4 is 5.91 Å². The highest BCUT2D eigenvalue weighted by Gasteiger charge is 2.28. The summed E-state index contributed by atoms with van der Waals surface area (Å²) < 4.78 is 5.72. The Morgan fingerprint density at radius 3 is 2.77 bits per heavy atom. The molecule has 0 aromatic carbocycles. The Morgan fingerprint density at radius 2 is 2.04 bits per heavy atom. The minimum absolute atomic E-state index is 0.0262. The fraction of sp³-hybridized carbons (Fsp3) is 0.526. The molecular formula is C19H23N5O2. The molecule has 1 atom stereocenters. The lowest BCUT2D eigenvalue weighted by Gasteiger charge is -2.23. The monoisotopic (exact) mass is 353 g/mol. The van der Waals surface area contributed by atoms with Crippen molar-refractivity contribution in [3.05, 3.63) is 47.6 Å². The fourth-order valence-corrected chi connectivity index (χ4v) is 3.29. The minimum atomic E-state index is -0.0262. The van der Waals surface area contributed by atoms with Gasteiger partial charge in [-0.05, 0) is 32.3 Å². The van der Waals surface area contributed by atoms with Crippen molar-refractivity contribution in [2.75, 3.05) is 26.3 Å². The molecule has 7 heteroatoms. The second-order valence-electron chi connectivity index (χ2n) is 7.15. The zero-order chi connectivity index (χ0) is 17.9. The number of hydrogen-bond acceptors (Lipinski definition) is 6. The lowest BCUT2D eigenvalue weighted by Crippen LogP contribution is -2.36. The van der Waals surface area contributed by atoms with Gasteiger partial charge in [0.1, 0.15) is 12.2 Å². The molecule has 0 spiro atoms. The van der Waals surface area contributed by atoms with Crippen LogP contribution in [0.5, 0.6) is 0 Å². The van der Waals surface area contributed by atoms with E-state index in [-0.39, 0.29) is 11.8 Å². The molecule has 1 saturated carbocycles. The highest BCUT2D eigenvalue weighted by molar-refractivity contribution is 5.93. The van der Waals surface area contributed by atoms with Crippen molar-refractivity contribution in [3.8, 4) is 0 Å². The molecule has 0 bridgehead atoms. The molecule has 2 aromatic rings. The van der Waals surface area contributed by atoms with E-state index in [9.17, 15) is 4.79 Å². The molecule has 1 aliphatic heterocycles. The Morgan fingerprint density at radius 1 is 1.23 bits per heavy atom. The van der Waals surface area contributed by atoms with Gasteiger partial charge in [0.05, 0.1) is 18.8 Å². The van der Waals surface area contributed by atoms with E-state index < -0.39 is 0 Å². The largest absolute Gasteiger partial charge is 0.379 e. The molecule has 2 fully saturated rings. The van der Waals surface area contributed by atoms with E-state index in [0.717, 1.165) is 36.5 Å². The summed E-state index contributed by atoms with van der Waals surface area (Å²) in [6.07, 6.45) is 7.99. The number of hydrogen-bond donors (Lipinski definition) is 0. The maximum absolute atomic E-state index is 12.9. The lowest BCUT2D eigenvalue weighted by atomic mass is 10.0. The van der Waals surface area contributed by atoms with Gasteiger partial charge in [0.2, 0.25) is 0 Å². The van der Waals surface area contributed by atoms with Gasteiger partial charge in [0.15, 0.2) is 0 Å². The van der Waals surface area contributed by atoms with E-state index in [1.54, 1.807) is 18.7 Å². The Bertz CT molecular complexity index is 776. The number of carbonyl (C=O) groups is 1. The molecule has 7 nitrogen and oxygen atoms in total. The van der Waals surface area contributed by atoms with Gasteiger partial charge >= 0.3 is 0 Å². The van der Waals surface area contributed by atoms with E-state index in [0.29, 0.717) is 37.8 Å². The van der Waals surface area contributed by atoms with Crippen molar-refractivity contribution in [2.24, 2.45) is 5.92 Å². The number of ether oxygens (including phenoxy) is 1. The van der Waals surface area contributed by atoms with E-state index in [4.69, 9.17) is 4.74 Å². The standard InChI is InChI=1S/C19H23N5O2/c1-13-6-17(23-12-22-13)7-14-10-24(4-5-26-11-14)19(25)16-8-20-18(21-9-16)15-2-3-15/h6,8-9,12,14-15H,2-5,7,10-11H2,1H3/t14-/m1/s1. The summed E-state index contributed by atoms with van der Waals surface area (Å²) in [5, 5.41) is 0. The average Bonchev–Trinajstić information content (AvgIpc) is 3.49. The van der Waals surface area contributed by atoms with Crippen LogP contribution >= 0.6 is 0 Å². The Hall–Kier alpha value is -2.41. The van der Waals surface area contributed by atoms with Gasteiger partial charge < -0.3 is 9.64 Å². The number of aryl methyl sites for hydroxylation is 1. The predicted molar refractivity (Wildman–Crippen MR) is 94.7 cm³/mol. The van der Waals surface area contributed by atoms with Crippen molar-refractivity contribution in [3.63, 3.8) is 0 Å². The van der Waals surface area contributed by atoms with Crippen molar-refractivity contribution in [2.45, 2.75) is 32.1 Å². The van der Waals surface area contributed by atoms with Crippen molar-refractivity contribution in [1.29, 1.82) is 0 Å². The summed E-state index contributed by atoms with van der Waals surface area (Å²) in [6.45, 7) is 4.36. The van der Waals surface area contributed by atoms with Crippen LogP contribution in [0, 0.1) is 12.8 Å². The van der Waals surface area contributed by atoms with Crippen LogP contribution in [0.15, 0.2) is 24.8 Å². The maximum atomic E-state index is 12.9. The second-order valence-corrected chi connectivity index (χ2v) is 7.15. The fourth-order valence-electron chi connectivity index (χ4n) is 3.29. The van der Waals surface area contributed by atoms with E-state index in [1.807, 2.05) is 17.9 Å². The van der Waals surface area contributed by atoms with E-state index in [2.05, 4.69) is 19.9 Å². The topological polar surface area (TPSA) is 81.1 Å². The minimum Gasteiger partial charge on any atom is -0.379 e. The predicted octanol–water partition coefficient (Wildman–Crippen LogP) is 1.78. The van der Waals surface area contributed by atoms with Gasteiger partial charge in [-0.2, -0.15) is 0 Å². The van der Waals surface area contributed by atoms with Crippen LogP contribution in [0.4, 0.5) is 0 Å². The van der Waals surface area contributed by atoms with E-state index in [1.165, 1.54) is 0 Å². The number of nitrogens with zero attached hydrogens (tertiary/aromatic N) is 5. The van der Waals surface area contributed by atoms with Gasteiger partial charge in [-0.25, -0.2) is 19.9 Å². The normalized spacial score (nSPS) is 20.7. The smallest absolute Gasteiger partial charge is 0.257 e. The third kappa shape index (κ3) is 4.04. The zero-order valence-electron chi connectivity index (χ0n) is 15.0. The first kappa shape index (κ1) is 17.0. The van der Waals surface area contributed by atoms with Gasteiger partial charge in [0.25, 0.3) is 5.91 Å². The van der Waals surface area contributed by atoms with Crippen molar-refractivity contribution < 1.29 is 9.53 Å². The van der Waals surface area contributed by atoms with Gasteiger partial charge in [-0.15, -0.1) is 0 Å². The molecule has 26 heavy (non-hydrogen) atoms. The molecule has 1 saturated heterocycles. The van der Waals surface area contributed by atoms with Crippen molar-refractivity contribution in [1.82, 2.24) is 24.8 Å². The third-order valence-corrected chi connectivity index (χ3v) is 4.84. The van der Waals surface area contributed by atoms with Crippen LogP contribution in [-0.4, -0.2) is 57.0 Å². The summed E-state index contributed by atoms with van der Waals surface area (Å²) >= 11 is 0. The molecule has 4 rings (SSSR count). The Kier molecular flexibility index (Phi) is 4.88. The molecule has 0 unspecified atom stereocenters. The maximum Gasteiger partial charge on any atom is 0.257 e. The Balaban J connectivity index is 1.43. The molecule has 1 aliphatic carbocycles. The van der Waals surface area contributed by atoms with Crippen LogP contribution in [0.2, 0.25) is 0 Å². The molecule has 0 radical (unpaired) electrons. The molecule has 1 amide bonds. The first-order valence-electron chi connectivity index (χ1n) is 9.15. The molecule has 0 N–H and O–H groups in total. The van der Waals surface area contributed by atoms with Crippen LogP contribution in [0.3, 0.4) is 0 Å². The second kappa shape index (κ2) is 7.45. The molecule has 2 aromatic heterocycles. The first-order chi connectivity index (χ1) is 12.7. The number of amides is 1. The quantitative estimate of drug-likeness (QED) is 0.833. The summed E-state index contributed by atoms with van der Waals surface area (Å²) in [4.78, 5) is 31.9. The average molecular weight is 353 g/mol. The molecule has 136 valence electrons. The van der Waals surface area contributed by atoms with Crippen LogP contribution in [0.1, 0.15) is 46.3 Å². The lowest BCUT2D eigenvalue weighted by molar-refractivity contribution is 0.0736. The van der Waals surface area contributed by atoms with Gasteiger partial charge in [-0.1, -0.05) is 0 Å². The summed E-state index contributed by atoms with van der Waals surface area (Å²) in [6, 6.07) is 1.99. The number of carbonyl (C=O) groups excluding carboxylic acids is 1.